The standard InChI is InChI=1S/C17H18F3O7PS.3K/c18-17(19,20)13-7-9-14(10-8-13)27-15-5-1-3-12(11-15)4-2-6-16(28(21,22)23)29(24,25)26;;;/h1,3,5,7-11,16H,2,4,6H2,(H2,21,22,23)(H,24,25,26);;;/q;3*+1/p-3. The third kappa shape index (κ3) is 13.0. The summed E-state index contributed by atoms with van der Waals surface area (Å²) in [6, 6.07) is 10.3. The maximum Gasteiger partial charge on any atom is 1.00 e. The van der Waals surface area contributed by atoms with Gasteiger partial charge in [0.1, 0.15) is 21.6 Å². The molecule has 0 aliphatic carbocycles. The van der Waals surface area contributed by atoms with Crippen molar-refractivity contribution in [2.45, 2.75) is 30.4 Å². The molecule has 0 saturated carbocycles. The van der Waals surface area contributed by atoms with E-state index in [1.807, 2.05) is 0 Å². The van der Waals surface area contributed by atoms with Gasteiger partial charge in [-0.05, 0) is 61.2 Å². The van der Waals surface area contributed by atoms with Crippen molar-refractivity contribution in [2.75, 3.05) is 0 Å². The summed E-state index contributed by atoms with van der Waals surface area (Å²) >= 11 is 0. The van der Waals surface area contributed by atoms with Crippen LogP contribution in [0.15, 0.2) is 48.5 Å². The van der Waals surface area contributed by atoms with Crippen LogP contribution in [0.25, 0.3) is 0 Å². The molecule has 0 aliphatic heterocycles. The second kappa shape index (κ2) is 16.1. The number of benzene rings is 2. The Morgan fingerprint density at radius 1 is 0.969 bits per heavy atom. The van der Waals surface area contributed by atoms with Gasteiger partial charge in [-0.25, -0.2) is 8.42 Å². The van der Waals surface area contributed by atoms with Crippen molar-refractivity contribution >= 4 is 17.7 Å². The van der Waals surface area contributed by atoms with Gasteiger partial charge in [0.2, 0.25) is 0 Å². The molecule has 32 heavy (non-hydrogen) atoms. The quantitative estimate of drug-likeness (QED) is 0.176. The molecule has 15 heteroatoms. The number of ether oxygens (including phenoxy) is 1. The molecule has 2 rings (SSSR count). The van der Waals surface area contributed by atoms with E-state index in [2.05, 4.69) is 0 Å². The molecule has 0 aliphatic rings. The zero-order chi connectivity index (χ0) is 21.9. The van der Waals surface area contributed by atoms with E-state index in [0.717, 1.165) is 24.3 Å². The van der Waals surface area contributed by atoms with Gasteiger partial charge in [0.25, 0.3) is 0 Å². The topological polar surface area (TPSA) is 130 Å². The third-order valence-electron chi connectivity index (χ3n) is 3.92. The van der Waals surface area contributed by atoms with E-state index in [4.69, 9.17) is 4.74 Å². The predicted octanol–water partition coefficient (Wildman–Crippen LogP) is -6.38. The zero-order valence-corrected chi connectivity index (χ0v) is 28.7. The molecule has 1 atom stereocenters. The van der Waals surface area contributed by atoms with Gasteiger partial charge in [-0.1, -0.05) is 19.7 Å². The Bertz CT molecular complexity index is 999. The fourth-order valence-corrected chi connectivity index (χ4v) is 4.77. The minimum absolute atomic E-state index is 0. The van der Waals surface area contributed by atoms with Crippen molar-refractivity contribution in [2.24, 2.45) is 0 Å². The first-order valence-electron chi connectivity index (χ1n) is 8.17. The molecule has 0 radical (unpaired) electrons. The molecule has 0 spiro atoms. The van der Waals surface area contributed by atoms with Crippen molar-refractivity contribution in [1.29, 1.82) is 0 Å². The van der Waals surface area contributed by atoms with E-state index >= 15 is 0 Å². The van der Waals surface area contributed by atoms with Crippen LogP contribution in [0.1, 0.15) is 24.0 Å². The van der Waals surface area contributed by atoms with Gasteiger partial charge in [-0.3, -0.25) is 0 Å². The maximum atomic E-state index is 12.6. The number of halogens is 3. The number of aryl methyl sites for hydroxylation is 1. The average molecular weight is 569 g/mol. The molecule has 0 fully saturated rings. The van der Waals surface area contributed by atoms with Crippen LogP contribution in [-0.4, -0.2) is 18.0 Å². The fraction of sp³-hybridized carbons (Fsp3) is 0.294. The second-order valence-corrected chi connectivity index (χ2v) is 9.76. The Kier molecular flexibility index (Phi) is 18.7. The van der Waals surface area contributed by atoms with Crippen LogP contribution in [-0.2, 0) is 27.3 Å². The van der Waals surface area contributed by atoms with Crippen LogP contribution in [0, 0.1) is 0 Å². The Morgan fingerprint density at radius 2 is 1.53 bits per heavy atom. The minimum atomic E-state index is -5.60. The second-order valence-electron chi connectivity index (χ2n) is 6.15. The molecule has 0 bridgehead atoms. The Balaban J connectivity index is 0. The van der Waals surface area contributed by atoms with Gasteiger partial charge < -0.3 is 23.6 Å². The number of hydrogen-bond acceptors (Lipinski definition) is 7. The molecule has 7 nitrogen and oxygen atoms in total. The monoisotopic (exact) mass is 568 g/mol. The number of rotatable bonds is 8. The third-order valence-corrected chi connectivity index (χ3v) is 7.33. The summed E-state index contributed by atoms with van der Waals surface area (Å²) in [7, 11) is -10.9. The van der Waals surface area contributed by atoms with Crippen LogP contribution in [0.3, 0.4) is 0 Å². The van der Waals surface area contributed by atoms with Crippen molar-refractivity contribution in [3.63, 3.8) is 0 Å². The Labute approximate surface area is 311 Å². The van der Waals surface area contributed by atoms with Crippen LogP contribution in [0.2, 0.25) is 0 Å². The number of alkyl halides is 3. The molecule has 1 unspecified atom stereocenters. The average Bonchev–Trinajstić information content (AvgIpc) is 2.56. The summed E-state index contributed by atoms with van der Waals surface area (Å²) in [5, 5.41) is 0. The Morgan fingerprint density at radius 3 is 2.00 bits per heavy atom. The van der Waals surface area contributed by atoms with Crippen LogP contribution < -0.4 is 169 Å². The van der Waals surface area contributed by atoms with E-state index in [-0.39, 0.29) is 178 Å². The number of hydrogen-bond donors (Lipinski definition) is 0. The van der Waals surface area contributed by atoms with Crippen LogP contribution in [0.4, 0.5) is 13.2 Å². The van der Waals surface area contributed by atoms with E-state index < -0.39 is 40.9 Å². The minimum Gasteiger partial charge on any atom is -0.810 e. The predicted molar refractivity (Wildman–Crippen MR) is 92.0 cm³/mol. The zero-order valence-electron chi connectivity index (χ0n) is 17.7. The summed E-state index contributed by atoms with van der Waals surface area (Å²) in [5.41, 5.74) is -0.237. The molecule has 160 valence electrons. The normalized spacial score (nSPS) is 12.6. The summed E-state index contributed by atoms with van der Waals surface area (Å²) in [6.07, 6.45) is -5.02. The van der Waals surface area contributed by atoms with Gasteiger partial charge in [0, 0.05) is 0 Å². The molecule has 0 N–H and O–H groups in total. The first-order chi connectivity index (χ1) is 13.3. The molecule has 2 aromatic rings. The first-order valence-corrected chi connectivity index (χ1v) is 11.3. The fourth-order valence-electron chi connectivity index (χ4n) is 2.55. The smallest absolute Gasteiger partial charge is 0.810 e. The largest absolute Gasteiger partial charge is 1.00 e. The van der Waals surface area contributed by atoms with E-state index in [9.17, 15) is 40.5 Å². The first kappa shape index (κ1) is 37.2. The SMILES string of the molecule is O=P([O-])([O-])C(CCCc1cccc(Oc2ccc(C(F)(F)F)cc2)c1)S(=O)(=O)[O-].[K+].[K+].[K+]. The van der Waals surface area contributed by atoms with Crippen molar-refractivity contribution in [3.05, 3.63) is 59.7 Å². The van der Waals surface area contributed by atoms with Gasteiger partial charge in [0.15, 0.2) is 0 Å². The summed E-state index contributed by atoms with van der Waals surface area (Å²) in [6.45, 7) is 0. The van der Waals surface area contributed by atoms with E-state index in [1.165, 1.54) is 12.1 Å². The van der Waals surface area contributed by atoms with Gasteiger partial charge in [0.05, 0.1) is 10.6 Å². The van der Waals surface area contributed by atoms with Gasteiger partial charge in [-0.15, -0.1) is 0 Å². The summed E-state index contributed by atoms with van der Waals surface area (Å²) < 4.78 is 87.0. The summed E-state index contributed by atoms with van der Waals surface area (Å²) in [5.74, 6) is 0.444. The molecule has 0 amide bonds. The van der Waals surface area contributed by atoms with Crippen molar-refractivity contribution in [1.82, 2.24) is 0 Å². The molecule has 0 aromatic heterocycles. The molecular weight excluding hydrogens is 554 g/mol. The molecule has 2 aromatic carbocycles. The summed E-state index contributed by atoms with van der Waals surface area (Å²) in [4.78, 5) is 19.4. The maximum absolute atomic E-state index is 12.6. The van der Waals surface area contributed by atoms with Gasteiger partial charge >= 0.3 is 160 Å². The van der Waals surface area contributed by atoms with E-state index in [0.29, 0.717) is 5.56 Å². The molecular formula is C17H15F3K3O7PS. The molecule has 0 heterocycles. The van der Waals surface area contributed by atoms with E-state index in [1.54, 1.807) is 12.1 Å². The Hall–Kier alpha value is 3.00. The van der Waals surface area contributed by atoms with Gasteiger partial charge in [-0.2, -0.15) is 13.2 Å². The van der Waals surface area contributed by atoms with Crippen LogP contribution >= 0.6 is 7.60 Å². The van der Waals surface area contributed by atoms with Crippen LogP contribution in [0.5, 0.6) is 11.5 Å². The van der Waals surface area contributed by atoms with Crippen molar-refractivity contribution < 1.29 is 199 Å². The van der Waals surface area contributed by atoms with Crippen molar-refractivity contribution in [3.8, 4) is 11.5 Å². The molecule has 0 saturated heterocycles.